The molecule has 4 aliphatic rings. The molecule has 152 valence electrons. The van der Waals surface area contributed by atoms with E-state index in [1.54, 1.807) is 0 Å². The number of piperidine rings is 1. The molecule has 5 heteroatoms. The Labute approximate surface area is 173 Å². The van der Waals surface area contributed by atoms with Gasteiger partial charge < -0.3 is 10.2 Å². The van der Waals surface area contributed by atoms with E-state index < -0.39 is 0 Å². The number of hydrogen-bond donors (Lipinski definition) is 1. The highest BCUT2D eigenvalue weighted by molar-refractivity contribution is 5.59. The second-order valence-corrected chi connectivity index (χ2v) is 9.96. The van der Waals surface area contributed by atoms with Crippen molar-refractivity contribution in [3.8, 4) is 11.4 Å². The first-order chi connectivity index (χ1) is 14.2. The highest BCUT2D eigenvalue weighted by Gasteiger charge is 2.52. The fourth-order valence-corrected chi connectivity index (χ4v) is 5.47. The molecule has 2 aromatic rings. The molecule has 1 aromatic carbocycles. The molecule has 2 aliphatic heterocycles. The van der Waals surface area contributed by atoms with Crippen LogP contribution in [0.15, 0.2) is 24.3 Å². The van der Waals surface area contributed by atoms with E-state index in [1.807, 2.05) is 0 Å². The van der Waals surface area contributed by atoms with E-state index >= 15 is 0 Å². The van der Waals surface area contributed by atoms with Crippen molar-refractivity contribution in [1.29, 1.82) is 0 Å². The molecule has 2 aliphatic carbocycles. The number of benzene rings is 1. The largest absolute Gasteiger partial charge is 0.353 e. The monoisotopic (exact) mass is 389 g/mol. The third kappa shape index (κ3) is 3.14. The molecular weight excluding hydrogens is 358 g/mol. The zero-order valence-electron chi connectivity index (χ0n) is 17.5. The number of likely N-dealkylation sites (tertiary alicyclic amines) is 1. The van der Waals surface area contributed by atoms with Crippen molar-refractivity contribution < 1.29 is 0 Å². The zero-order chi connectivity index (χ0) is 19.5. The van der Waals surface area contributed by atoms with Crippen LogP contribution < -0.4 is 5.32 Å². The van der Waals surface area contributed by atoms with Gasteiger partial charge in [-0.05, 0) is 82.0 Å². The van der Waals surface area contributed by atoms with Gasteiger partial charge in [0.25, 0.3) is 0 Å². The van der Waals surface area contributed by atoms with Crippen molar-refractivity contribution in [2.45, 2.75) is 74.7 Å². The lowest BCUT2D eigenvalue weighted by molar-refractivity contribution is 0.194. The smallest absolute Gasteiger partial charge is 0.226 e. The lowest BCUT2D eigenvalue weighted by Gasteiger charge is -2.32. The number of nitrogens with one attached hydrogen (secondary N) is 1. The number of fused-ring (bicyclic) bond motifs is 7. The average molecular weight is 390 g/mol. The number of nitrogens with zero attached hydrogens (tertiary/aromatic N) is 4. The van der Waals surface area contributed by atoms with Gasteiger partial charge in [-0.15, -0.1) is 0 Å². The molecular formula is C24H31N5. The summed E-state index contributed by atoms with van der Waals surface area (Å²) in [6.07, 6.45) is 11.5. The molecule has 5 nitrogen and oxygen atoms in total. The number of anilines is 1. The van der Waals surface area contributed by atoms with Crippen LogP contribution in [-0.4, -0.2) is 46.0 Å². The Bertz CT molecular complexity index is 931. The Morgan fingerprint density at radius 3 is 2.59 bits per heavy atom. The van der Waals surface area contributed by atoms with E-state index in [9.17, 15) is 0 Å². The van der Waals surface area contributed by atoms with E-state index in [0.717, 1.165) is 29.7 Å². The van der Waals surface area contributed by atoms with Gasteiger partial charge in [-0.2, -0.15) is 9.97 Å². The van der Waals surface area contributed by atoms with Gasteiger partial charge in [0, 0.05) is 23.6 Å². The fourth-order valence-electron chi connectivity index (χ4n) is 5.47. The normalized spacial score (nSPS) is 26.3. The summed E-state index contributed by atoms with van der Waals surface area (Å²) < 4.78 is 0. The second-order valence-electron chi connectivity index (χ2n) is 9.96. The van der Waals surface area contributed by atoms with Crippen LogP contribution in [-0.2, 0) is 10.8 Å². The first-order valence-electron chi connectivity index (χ1n) is 11.5. The van der Waals surface area contributed by atoms with Crippen LogP contribution in [0.25, 0.3) is 11.4 Å². The Balaban J connectivity index is 1.36. The van der Waals surface area contributed by atoms with Crippen LogP contribution in [0.2, 0.25) is 0 Å². The van der Waals surface area contributed by atoms with E-state index in [2.05, 4.69) is 41.5 Å². The zero-order valence-corrected chi connectivity index (χ0v) is 17.5. The standard InChI is InChI=1S/C24H31N5/c1-29-14-3-2-7-19(29)16-25-22-27-20-17-5-4-6-18(15-17)23(8-9-23)10-11-24(12-13-24)21(26-20)28-22/h4-6,15,19H,2-3,7-14,16H2,1H3,(H,25,26,27,28). The molecule has 2 saturated carbocycles. The maximum absolute atomic E-state index is 4.99. The van der Waals surface area contributed by atoms with E-state index in [0.29, 0.717) is 11.5 Å². The summed E-state index contributed by atoms with van der Waals surface area (Å²) in [5, 5.41) is 3.58. The summed E-state index contributed by atoms with van der Waals surface area (Å²) in [6.45, 7) is 2.10. The molecule has 1 atom stereocenters. The Hall–Kier alpha value is -2.01. The van der Waals surface area contributed by atoms with E-state index in [-0.39, 0.29) is 5.41 Å². The summed E-state index contributed by atoms with van der Waals surface area (Å²) >= 11 is 0. The summed E-state index contributed by atoms with van der Waals surface area (Å²) in [4.78, 5) is 17.3. The first kappa shape index (κ1) is 17.8. The number of likely N-dealkylation sites (N-methyl/N-ethyl adjacent to an activating group) is 1. The van der Waals surface area contributed by atoms with E-state index in [1.165, 1.54) is 69.9 Å². The van der Waals surface area contributed by atoms with E-state index in [4.69, 9.17) is 15.0 Å². The van der Waals surface area contributed by atoms with Crippen molar-refractivity contribution in [3.63, 3.8) is 0 Å². The summed E-state index contributed by atoms with van der Waals surface area (Å²) in [5.41, 5.74) is 3.25. The maximum atomic E-state index is 4.99. The second kappa shape index (κ2) is 6.49. The summed E-state index contributed by atoms with van der Waals surface area (Å²) in [6, 6.07) is 9.58. The average Bonchev–Trinajstić information content (AvgIpc) is 3.67. The fraction of sp³-hybridized carbons (Fsp3) is 0.625. The molecule has 0 radical (unpaired) electrons. The summed E-state index contributed by atoms with van der Waals surface area (Å²) in [7, 11) is 2.24. The topological polar surface area (TPSA) is 53.9 Å². The minimum atomic E-state index is 0.196. The number of rotatable bonds is 3. The highest BCUT2D eigenvalue weighted by atomic mass is 15.2. The van der Waals surface area contributed by atoms with Gasteiger partial charge in [0.1, 0.15) is 5.82 Å². The highest BCUT2D eigenvalue weighted by Crippen LogP contribution is 2.58. The molecule has 29 heavy (non-hydrogen) atoms. The SMILES string of the molecule is CN1CCCCC1CNc1nc2nc(n1)C1(CCC3(CC3)c3cccc-2c3)CC1. The maximum Gasteiger partial charge on any atom is 0.226 e. The van der Waals surface area contributed by atoms with Gasteiger partial charge in [0.05, 0.1) is 0 Å². The van der Waals surface area contributed by atoms with Crippen LogP contribution in [0, 0.1) is 0 Å². The van der Waals surface area contributed by atoms with Gasteiger partial charge >= 0.3 is 0 Å². The number of hydrogen-bond acceptors (Lipinski definition) is 5. The Morgan fingerprint density at radius 1 is 1.00 bits per heavy atom. The van der Waals surface area contributed by atoms with Crippen LogP contribution in [0.3, 0.4) is 0 Å². The third-order valence-electron chi connectivity index (χ3n) is 8.05. The van der Waals surface area contributed by atoms with Gasteiger partial charge in [-0.1, -0.05) is 24.6 Å². The van der Waals surface area contributed by atoms with Crippen molar-refractivity contribution in [1.82, 2.24) is 19.9 Å². The summed E-state index contributed by atoms with van der Waals surface area (Å²) in [5.74, 6) is 2.65. The van der Waals surface area contributed by atoms with Crippen molar-refractivity contribution in [2.75, 3.05) is 25.5 Å². The molecule has 1 saturated heterocycles. The van der Waals surface area contributed by atoms with Crippen molar-refractivity contribution >= 4 is 5.95 Å². The molecule has 1 N–H and O–H groups in total. The molecule has 6 rings (SSSR count). The number of aromatic nitrogens is 3. The van der Waals surface area contributed by atoms with Gasteiger partial charge in [-0.3, -0.25) is 0 Å². The molecule has 1 unspecified atom stereocenters. The van der Waals surface area contributed by atoms with Gasteiger partial charge in [-0.25, -0.2) is 4.98 Å². The van der Waals surface area contributed by atoms with Crippen molar-refractivity contribution in [2.24, 2.45) is 0 Å². The molecule has 4 bridgehead atoms. The van der Waals surface area contributed by atoms with Gasteiger partial charge in [0.2, 0.25) is 5.95 Å². The third-order valence-corrected chi connectivity index (χ3v) is 8.05. The minimum absolute atomic E-state index is 0.196. The quantitative estimate of drug-likeness (QED) is 0.849. The lowest BCUT2D eigenvalue weighted by atomic mass is 9.84. The van der Waals surface area contributed by atoms with Crippen LogP contribution >= 0.6 is 0 Å². The van der Waals surface area contributed by atoms with Crippen LogP contribution in [0.1, 0.15) is 69.2 Å². The van der Waals surface area contributed by atoms with Crippen LogP contribution in [0.4, 0.5) is 5.95 Å². The molecule has 2 spiro atoms. The molecule has 1 aromatic heterocycles. The first-order valence-corrected chi connectivity index (χ1v) is 11.5. The molecule has 3 fully saturated rings. The van der Waals surface area contributed by atoms with Crippen molar-refractivity contribution in [3.05, 3.63) is 35.7 Å². The predicted octanol–water partition coefficient (Wildman–Crippen LogP) is 4.29. The molecule has 3 heterocycles. The predicted molar refractivity (Wildman–Crippen MR) is 115 cm³/mol. The van der Waals surface area contributed by atoms with Gasteiger partial charge in [0.15, 0.2) is 5.82 Å². The minimum Gasteiger partial charge on any atom is -0.353 e. The lowest BCUT2D eigenvalue weighted by Crippen LogP contribution is -2.41. The van der Waals surface area contributed by atoms with Crippen LogP contribution in [0.5, 0.6) is 0 Å². The Morgan fingerprint density at radius 2 is 1.79 bits per heavy atom. The molecule has 0 amide bonds. The Kier molecular flexibility index (Phi) is 3.99.